The normalized spacial score (nSPS) is 10.2. The summed E-state index contributed by atoms with van der Waals surface area (Å²) in [7, 11) is 0. The van der Waals surface area contributed by atoms with Crippen LogP contribution in [0.25, 0.3) is 10.4 Å². The fourth-order valence-electron chi connectivity index (χ4n) is 1.32. The number of aryl methyl sites for hydroxylation is 1. The second-order valence-electron chi connectivity index (χ2n) is 3.17. The third kappa shape index (κ3) is 1.89. The van der Waals surface area contributed by atoms with Crippen molar-refractivity contribution in [1.29, 1.82) is 0 Å². The Balaban J connectivity index is 2.40. The van der Waals surface area contributed by atoms with Crippen molar-refractivity contribution < 1.29 is 9.90 Å². The first-order valence-electron chi connectivity index (χ1n) is 4.42. The molecule has 2 heterocycles. The maximum atomic E-state index is 10.6. The Hall–Kier alpha value is -1.68. The summed E-state index contributed by atoms with van der Waals surface area (Å²) in [4.78, 5) is 15.6. The maximum Gasteiger partial charge on any atom is 0.354 e. The van der Waals surface area contributed by atoms with Gasteiger partial charge in [-0.05, 0) is 36.1 Å². The lowest BCUT2D eigenvalue weighted by atomic mass is 10.1. The molecule has 0 aliphatic rings. The average Bonchev–Trinajstić information content (AvgIpc) is 2.65. The van der Waals surface area contributed by atoms with Crippen LogP contribution in [0.3, 0.4) is 0 Å². The summed E-state index contributed by atoms with van der Waals surface area (Å²) in [6.07, 6.45) is 1.60. The molecule has 76 valence electrons. The minimum absolute atomic E-state index is 0.0768. The van der Waals surface area contributed by atoms with Gasteiger partial charge in [-0.1, -0.05) is 0 Å². The summed E-state index contributed by atoms with van der Waals surface area (Å²) >= 11 is 1.63. The Labute approximate surface area is 91.0 Å². The second kappa shape index (κ2) is 3.82. The molecule has 4 heteroatoms. The molecule has 0 amide bonds. The number of nitrogens with zero attached hydrogens (tertiary/aromatic N) is 1. The predicted octanol–water partition coefficient (Wildman–Crippen LogP) is 2.82. The second-order valence-corrected chi connectivity index (χ2v) is 4.09. The van der Waals surface area contributed by atoms with Crippen LogP contribution < -0.4 is 0 Å². The van der Waals surface area contributed by atoms with Crippen molar-refractivity contribution in [3.8, 4) is 10.4 Å². The number of aromatic nitrogens is 1. The van der Waals surface area contributed by atoms with E-state index in [9.17, 15) is 4.79 Å². The highest BCUT2D eigenvalue weighted by atomic mass is 32.1. The van der Waals surface area contributed by atoms with E-state index in [-0.39, 0.29) is 5.69 Å². The summed E-state index contributed by atoms with van der Waals surface area (Å²) in [5.41, 5.74) is 2.23. The zero-order valence-corrected chi connectivity index (χ0v) is 8.91. The molecule has 15 heavy (non-hydrogen) atoms. The molecule has 0 bridgehead atoms. The van der Waals surface area contributed by atoms with Crippen molar-refractivity contribution >= 4 is 17.3 Å². The van der Waals surface area contributed by atoms with Gasteiger partial charge in [-0.25, -0.2) is 9.78 Å². The van der Waals surface area contributed by atoms with Crippen LogP contribution in [0.2, 0.25) is 0 Å². The summed E-state index contributed by atoms with van der Waals surface area (Å²) in [5.74, 6) is -0.996. The third-order valence-electron chi connectivity index (χ3n) is 2.11. The number of pyridine rings is 1. The number of aromatic carboxylic acids is 1. The van der Waals surface area contributed by atoms with Crippen LogP contribution >= 0.6 is 11.3 Å². The van der Waals surface area contributed by atoms with E-state index >= 15 is 0 Å². The van der Waals surface area contributed by atoms with Crippen molar-refractivity contribution in [1.82, 2.24) is 4.98 Å². The summed E-state index contributed by atoms with van der Waals surface area (Å²) in [5, 5.41) is 10.7. The first-order valence-corrected chi connectivity index (χ1v) is 5.30. The van der Waals surface area contributed by atoms with Crippen LogP contribution in [0, 0.1) is 6.92 Å². The summed E-state index contributed by atoms with van der Waals surface area (Å²) < 4.78 is 0. The zero-order valence-electron chi connectivity index (χ0n) is 8.10. The molecule has 0 radical (unpaired) electrons. The first-order chi connectivity index (χ1) is 7.18. The van der Waals surface area contributed by atoms with Crippen molar-refractivity contribution in [3.05, 3.63) is 41.0 Å². The van der Waals surface area contributed by atoms with Crippen molar-refractivity contribution in [2.24, 2.45) is 0 Å². The SMILES string of the molecule is Cc1ccsc1-c1ccc(C(=O)O)nc1. The van der Waals surface area contributed by atoms with Gasteiger partial charge in [0.1, 0.15) is 5.69 Å². The van der Waals surface area contributed by atoms with Crippen molar-refractivity contribution in [3.63, 3.8) is 0 Å². The lowest BCUT2D eigenvalue weighted by Gasteiger charge is -1.99. The van der Waals surface area contributed by atoms with E-state index in [2.05, 4.69) is 4.98 Å². The van der Waals surface area contributed by atoms with Gasteiger partial charge in [-0.2, -0.15) is 0 Å². The number of hydrogen-bond acceptors (Lipinski definition) is 3. The summed E-state index contributed by atoms with van der Waals surface area (Å²) in [6.45, 7) is 2.02. The molecule has 0 aliphatic heterocycles. The molecule has 0 aromatic carbocycles. The lowest BCUT2D eigenvalue weighted by molar-refractivity contribution is 0.0690. The van der Waals surface area contributed by atoms with Gasteiger partial charge < -0.3 is 5.11 Å². The van der Waals surface area contributed by atoms with Gasteiger partial charge in [0.2, 0.25) is 0 Å². The van der Waals surface area contributed by atoms with Crippen LogP contribution in [-0.2, 0) is 0 Å². The maximum absolute atomic E-state index is 10.6. The van der Waals surface area contributed by atoms with E-state index in [1.54, 1.807) is 23.6 Å². The van der Waals surface area contributed by atoms with Gasteiger partial charge in [0, 0.05) is 16.6 Å². The minimum atomic E-state index is -0.996. The third-order valence-corrected chi connectivity index (χ3v) is 3.17. The quantitative estimate of drug-likeness (QED) is 0.844. The van der Waals surface area contributed by atoms with Gasteiger partial charge in [0.15, 0.2) is 0 Å². The van der Waals surface area contributed by atoms with Crippen LogP contribution in [-0.4, -0.2) is 16.1 Å². The molecule has 0 aliphatic carbocycles. The molecule has 0 saturated carbocycles. The Kier molecular flexibility index (Phi) is 2.51. The molecule has 3 nitrogen and oxygen atoms in total. The molecule has 0 spiro atoms. The molecule has 0 unspecified atom stereocenters. The Morgan fingerprint density at radius 3 is 2.67 bits per heavy atom. The van der Waals surface area contributed by atoms with Crippen LogP contribution in [0.5, 0.6) is 0 Å². The average molecular weight is 219 g/mol. The minimum Gasteiger partial charge on any atom is -0.477 e. The summed E-state index contributed by atoms with van der Waals surface area (Å²) in [6, 6.07) is 5.34. The van der Waals surface area contributed by atoms with Crippen molar-refractivity contribution in [2.75, 3.05) is 0 Å². The zero-order chi connectivity index (χ0) is 10.8. The largest absolute Gasteiger partial charge is 0.477 e. The van der Waals surface area contributed by atoms with Crippen LogP contribution in [0.4, 0.5) is 0 Å². The Bertz CT molecular complexity index is 488. The Morgan fingerprint density at radius 2 is 2.20 bits per heavy atom. The molecule has 2 aromatic rings. The number of carboxylic acids is 1. The fourth-order valence-corrected chi connectivity index (χ4v) is 2.24. The van der Waals surface area contributed by atoms with Gasteiger partial charge in [0.05, 0.1) is 0 Å². The van der Waals surface area contributed by atoms with Crippen molar-refractivity contribution in [2.45, 2.75) is 6.92 Å². The number of hydrogen-bond donors (Lipinski definition) is 1. The van der Waals surface area contributed by atoms with Gasteiger partial charge >= 0.3 is 5.97 Å². The molecule has 0 fully saturated rings. The number of carbonyl (C=O) groups is 1. The molecule has 2 rings (SSSR count). The monoisotopic (exact) mass is 219 g/mol. The molecule has 1 N–H and O–H groups in total. The molecule has 0 atom stereocenters. The van der Waals surface area contributed by atoms with Crippen LogP contribution in [0.15, 0.2) is 29.8 Å². The Morgan fingerprint density at radius 1 is 1.40 bits per heavy atom. The number of thiophene rings is 1. The standard InChI is InChI=1S/C11H9NO2S/c1-7-4-5-15-10(7)8-2-3-9(11(13)14)12-6-8/h2-6H,1H3,(H,13,14). The van der Waals surface area contributed by atoms with E-state index < -0.39 is 5.97 Å². The van der Waals surface area contributed by atoms with Crippen LogP contribution in [0.1, 0.15) is 16.1 Å². The molecular weight excluding hydrogens is 210 g/mol. The van der Waals surface area contributed by atoms with Gasteiger partial charge in [-0.15, -0.1) is 11.3 Å². The van der Waals surface area contributed by atoms with E-state index in [1.807, 2.05) is 18.4 Å². The smallest absolute Gasteiger partial charge is 0.354 e. The fraction of sp³-hybridized carbons (Fsp3) is 0.0909. The van der Waals surface area contributed by atoms with E-state index in [1.165, 1.54) is 11.6 Å². The highest BCUT2D eigenvalue weighted by Gasteiger charge is 2.06. The van der Waals surface area contributed by atoms with E-state index in [4.69, 9.17) is 5.11 Å². The molecular formula is C11H9NO2S. The molecule has 2 aromatic heterocycles. The van der Waals surface area contributed by atoms with Gasteiger partial charge in [-0.3, -0.25) is 0 Å². The predicted molar refractivity (Wildman–Crippen MR) is 59.2 cm³/mol. The lowest BCUT2D eigenvalue weighted by Crippen LogP contribution is -1.98. The number of rotatable bonds is 2. The highest BCUT2D eigenvalue weighted by Crippen LogP contribution is 2.28. The number of carboxylic acid groups (broad SMARTS) is 1. The first kappa shape index (κ1) is 9.86. The highest BCUT2D eigenvalue weighted by molar-refractivity contribution is 7.13. The van der Waals surface area contributed by atoms with Gasteiger partial charge in [0.25, 0.3) is 0 Å². The topological polar surface area (TPSA) is 50.2 Å². The molecule has 0 saturated heterocycles. The van der Waals surface area contributed by atoms with E-state index in [0.717, 1.165) is 10.4 Å². The van der Waals surface area contributed by atoms with E-state index in [0.29, 0.717) is 0 Å².